The molecule has 2 aromatic rings. The second-order valence-corrected chi connectivity index (χ2v) is 7.41. The minimum atomic E-state index is -0.546. The minimum Gasteiger partial charge on any atom is -0.490 e. The maximum Gasteiger partial charge on any atom is 0.144 e. The maximum absolute atomic E-state index is 10.0. The van der Waals surface area contributed by atoms with Gasteiger partial charge in [0.15, 0.2) is 0 Å². The summed E-state index contributed by atoms with van der Waals surface area (Å²) in [5, 5.41) is 10.0. The number of aliphatic hydroxyl groups is 1. The van der Waals surface area contributed by atoms with Crippen LogP contribution in [0.3, 0.4) is 0 Å². The molecule has 5 rings (SSSR count). The molecular formula is C20H24N2O4. The van der Waals surface area contributed by atoms with Crippen LogP contribution in [0.15, 0.2) is 36.7 Å². The topological polar surface area (TPSA) is 65.7 Å². The number of ether oxygens (including phenoxy) is 3. The zero-order chi connectivity index (χ0) is 17.5. The van der Waals surface area contributed by atoms with Crippen LogP contribution in [0.5, 0.6) is 5.75 Å². The fourth-order valence-electron chi connectivity index (χ4n) is 4.43. The SMILES string of the molecule is O[C@@H]1CO[C@H]2[C@@H]1OC[C@H]2n1ccnc1-c1ccccc1OC1CCCC1. The summed E-state index contributed by atoms with van der Waals surface area (Å²) in [4.78, 5) is 4.61. The predicted molar refractivity (Wildman–Crippen MR) is 95.1 cm³/mol. The van der Waals surface area contributed by atoms with E-state index in [4.69, 9.17) is 14.2 Å². The summed E-state index contributed by atoms with van der Waals surface area (Å²) in [7, 11) is 0. The molecule has 3 aliphatic rings. The highest BCUT2D eigenvalue weighted by Crippen LogP contribution is 2.38. The van der Waals surface area contributed by atoms with Gasteiger partial charge in [-0.3, -0.25) is 0 Å². The van der Waals surface area contributed by atoms with Crippen LogP contribution < -0.4 is 4.74 Å². The zero-order valence-corrected chi connectivity index (χ0v) is 14.7. The Labute approximate surface area is 152 Å². The molecule has 2 saturated heterocycles. The molecule has 4 atom stereocenters. The molecule has 0 unspecified atom stereocenters. The number of rotatable bonds is 4. The average molecular weight is 356 g/mol. The summed E-state index contributed by atoms with van der Waals surface area (Å²) < 4.78 is 20.0. The Bertz CT molecular complexity index is 771. The Balaban J connectivity index is 1.46. The number of imidazole rings is 1. The van der Waals surface area contributed by atoms with Gasteiger partial charge in [0.05, 0.1) is 30.9 Å². The van der Waals surface area contributed by atoms with Crippen molar-refractivity contribution < 1.29 is 19.3 Å². The van der Waals surface area contributed by atoms with E-state index in [-0.39, 0.29) is 18.2 Å². The van der Waals surface area contributed by atoms with Gasteiger partial charge in [0, 0.05) is 12.4 Å². The predicted octanol–water partition coefficient (Wildman–Crippen LogP) is 2.57. The normalized spacial score (nSPS) is 31.4. The van der Waals surface area contributed by atoms with E-state index in [1.165, 1.54) is 12.8 Å². The number of nitrogens with zero attached hydrogens (tertiary/aromatic N) is 2. The molecule has 0 spiro atoms. The van der Waals surface area contributed by atoms with Crippen LogP contribution in [0.4, 0.5) is 0 Å². The van der Waals surface area contributed by atoms with E-state index >= 15 is 0 Å². The number of benzene rings is 1. The largest absolute Gasteiger partial charge is 0.490 e. The van der Waals surface area contributed by atoms with Gasteiger partial charge >= 0.3 is 0 Å². The summed E-state index contributed by atoms with van der Waals surface area (Å²) >= 11 is 0. The lowest BCUT2D eigenvalue weighted by Crippen LogP contribution is -2.30. The van der Waals surface area contributed by atoms with E-state index < -0.39 is 6.10 Å². The van der Waals surface area contributed by atoms with Crippen LogP contribution in [0, 0.1) is 0 Å². The molecule has 6 heteroatoms. The first-order chi connectivity index (χ1) is 12.8. The third-order valence-corrected chi connectivity index (χ3v) is 5.75. The summed E-state index contributed by atoms with van der Waals surface area (Å²) in [6, 6.07) is 8.11. The highest BCUT2D eigenvalue weighted by molar-refractivity contribution is 5.64. The summed E-state index contributed by atoms with van der Waals surface area (Å²) in [5.74, 6) is 1.74. The molecule has 1 N–H and O–H groups in total. The number of aliphatic hydroxyl groups excluding tert-OH is 1. The van der Waals surface area contributed by atoms with E-state index in [2.05, 4.69) is 15.6 Å². The average Bonchev–Trinajstić information content (AvgIpc) is 3.41. The van der Waals surface area contributed by atoms with Gasteiger partial charge in [-0.25, -0.2) is 4.98 Å². The van der Waals surface area contributed by atoms with Gasteiger partial charge in [-0.15, -0.1) is 0 Å². The molecule has 0 amide bonds. The van der Waals surface area contributed by atoms with Gasteiger partial charge in [-0.1, -0.05) is 12.1 Å². The van der Waals surface area contributed by atoms with Gasteiger partial charge in [-0.2, -0.15) is 0 Å². The Morgan fingerprint density at radius 3 is 2.77 bits per heavy atom. The lowest BCUT2D eigenvalue weighted by molar-refractivity contribution is 0.0172. The Morgan fingerprint density at radius 2 is 1.88 bits per heavy atom. The van der Waals surface area contributed by atoms with Crippen LogP contribution in [0.2, 0.25) is 0 Å². The van der Waals surface area contributed by atoms with Gasteiger partial charge in [-0.05, 0) is 37.8 Å². The third kappa shape index (κ3) is 2.73. The smallest absolute Gasteiger partial charge is 0.144 e. The highest BCUT2D eigenvalue weighted by Gasteiger charge is 2.48. The Hall–Kier alpha value is -1.89. The molecule has 138 valence electrons. The molecule has 26 heavy (non-hydrogen) atoms. The molecule has 0 bridgehead atoms. The van der Waals surface area contributed by atoms with E-state index in [0.29, 0.717) is 19.3 Å². The molecule has 1 saturated carbocycles. The van der Waals surface area contributed by atoms with Gasteiger partial charge in [0.25, 0.3) is 0 Å². The molecular weight excluding hydrogens is 332 g/mol. The second-order valence-electron chi connectivity index (χ2n) is 7.41. The third-order valence-electron chi connectivity index (χ3n) is 5.75. The van der Waals surface area contributed by atoms with E-state index in [0.717, 1.165) is 30.0 Å². The molecule has 3 fully saturated rings. The van der Waals surface area contributed by atoms with Crippen molar-refractivity contribution in [1.29, 1.82) is 0 Å². The lowest BCUT2D eigenvalue weighted by atomic mass is 10.1. The Kier molecular flexibility index (Phi) is 4.19. The fourth-order valence-corrected chi connectivity index (χ4v) is 4.43. The Morgan fingerprint density at radius 1 is 1.08 bits per heavy atom. The van der Waals surface area contributed by atoms with Crippen LogP contribution >= 0.6 is 0 Å². The number of hydrogen-bond acceptors (Lipinski definition) is 5. The lowest BCUT2D eigenvalue weighted by Gasteiger charge is -2.21. The number of para-hydroxylation sites is 1. The van der Waals surface area contributed by atoms with Crippen molar-refractivity contribution in [3.05, 3.63) is 36.7 Å². The number of fused-ring (bicyclic) bond motifs is 1. The molecule has 1 aromatic carbocycles. The summed E-state index contributed by atoms with van der Waals surface area (Å²) in [6.45, 7) is 0.846. The molecule has 1 aliphatic carbocycles. The molecule has 2 aliphatic heterocycles. The van der Waals surface area contributed by atoms with Crippen LogP contribution in [0.25, 0.3) is 11.4 Å². The standard InChI is InChI=1S/C20H24N2O4/c23-16-12-25-18-15(11-24-19(16)18)22-10-9-21-20(22)14-7-3-4-8-17(14)26-13-5-1-2-6-13/h3-4,7-10,13,15-16,18-19,23H,1-2,5-6,11-12H2/t15-,16-,18-,19-/m1/s1. The van der Waals surface area contributed by atoms with Crippen molar-refractivity contribution in [1.82, 2.24) is 9.55 Å². The van der Waals surface area contributed by atoms with E-state index in [1.54, 1.807) is 6.20 Å². The quantitative estimate of drug-likeness (QED) is 0.912. The van der Waals surface area contributed by atoms with Crippen molar-refractivity contribution in [2.24, 2.45) is 0 Å². The zero-order valence-electron chi connectivity index (χ0n) is 14.7. The second kappa shape index (κ2) is 6.68. The van der Waals surface area contributed by atoms with E-state index in [9.17, 15) is 5.11 Å². The maximum atomic E-state index is 10.0. The first kappa shape index (κ1) is 16.3. The van der Waals surface area contributed by atoms with Crippen molar-refractivity contribution in [3.63, 3.8) is 0 Å². The molecule has 6 nitrogen and oxygen atoms in total. The first-order valence-corrected chi connectivity index (χ1v) is 9.51. The molecule has 1 aromatic heterocycles. The van der Waals surface area contributed by atoms with Gasteiger partial charge in [0.1, 0.15) is 29.9 Å². The van der Waals surface area contributed by atoms with Gasteiger partial charge in [0.2, 0.25) is 0 Å². The van der Waals surface area contributed by atoms with E-state index in [1.807, 2.05) is 24.4 Å². The van der Waals surface area contributed by atoms with Crippen LogP contribution in [0.1, 0.15) is 31.7 Å². The molecule has 0 radical (unpaired) electrons. The minimum absolute atomic E-state index is 0.00851. The van der Waals surface area contributed by atoms with Crippen molar-refractivity contribution in [3.8, 4) is 17.1 Å². The molecule has 3 heterocycles. The van der Waals surface area contributed by atoms with Gasteiger partial charge < -0.3 is 23.9 Å². The monoisotopic (exact) mass is 356 g/mol. The van der Waals surface area contributed by atoms with Crippen LogP contribution in [-0.2, 0) is 9.47 Å². The van der Waals surface area contributed by atoms with Crippen LogP contribution in [-0.4, -0.2) is 52.3 Å². The van der Waals surface area contributed by atoms with Crippen molar-refractivity contribution in [2.75, 3.05) is 13.2 Å². The summed E-state index contributed by atoms with van der Waals surface area (Å²) in [5.41, 5.74) is 0.992. The fraction of sp³-hybridized carbons (Fsp3) is 0.550. The highest BCUT2D eigenvalue weighted by atomic mass is 16.6. The number of aromatic nitrogens is 2. The van der Waals surface area contributed by atoms with Crippen molar-refractivity contribution in [2.45, 2.75) is 56.1 Å². The van der Waals surface area contributed by atoms with Crippen molar-refractivity contribution >= 4 is 0 Å². The summed E-state index contributed by atoms with van der Waals surface area (Å²) in [6.07, 6.45) is 7.85. The number of hydrogen-bond donors (Lipinski definition) is 1. The first-order valence-electron chi connectivity index (χ1n) is 9.51.